The van der Waals surface area contributed by atoms with E-state index >= 15 is 0 Å². The quantitative estimate of drug-likeness (QED) is 0.287. The number of rotatable bonds is 12. The van der Waals surface area contributed by atoms with Crippen molar-refractivity contribution in [3.63, 3.8) is 0 Å². The first kappa shape index (κ1) is 30.9. The molecule has 3 aromatic carbocycles. The number of amides is 1. The Bertz CT molecular complexity index is 1290. The standard InChI is InChI=1S/C33H37NO8/c1-23(35)34(28-17-11-6-12-18-28)19-29-31(39-20-26-13-7-4-8-14-26)32(40-21-27-15-9-5-10-16-27)30(22-38-24(2)36)42-33(29)41-25(3)37/h4-18,29-33H,19-22H2,1-3H3/t29-,30-,31-,32-,33?/m1/s1. The summed E-state index contributed by atoms with van der Waals surface area (Å²) in [6, 6.07) is 28.5. The number of hydrogen-bond donors (Lipinski definition) is 0. The van der Waals surface area contributed by atoms with Gasteiger partial charge in [-0.1, -0.05) is 78.9 Å². The first-order valence-corrected chi connectivity index (χ1v) is 13.9. The molecule has 1 aliphatic heterocycles. The molecule has 1 aliphatic rings. The third-order valence-electron chi connectivity index (χ3n) is 6.92. The summed E-state index contributed by atoms with van der Waals surface area (Å²) in [5.41, 5.74) is 2.53. The minimum atomic E-state index is -1.11. The number of anilines is 1. The lowest BCUT2D eigenvalue weighted by molar-refractivity contribution is -0.293. The second kappa shape index (κ2) is 15.3. The molecule has 1 saturated heterocycles. The summed E-state index contributed by atoms with van der Waals surface area (Å²) in [5.74, 6) is -1.90. The van der Waals surface area contributed by atoms with Crippen molar-refractivity contribution >= 4 is 23.5 Å². The van der Waals surface area contributed by atoms with Gasteiger partial charge in [-0.3, -0.25) is 14.4 Å². The monoisotopic (exact) mass is 575 g/mol. The van der Waals surface area contributed by atoms with Crippen molar-refractivity contribution in [1.29, 1.82) is 0 Å². The average Bonchev–Trinajstić information content (AvgIpc) is 2.98. The molecule has 9 nitrogen and oxygen atoms in total. The maximum Gasteiger partial charge on any atom is 0.304 e. The van der Waals surface area contributed by atoms with Gasteiger partial charge in [-0.25, -0.2) is 0 Å². The molecule has 3 aromatic rings. The Balaban J connectivity index is 1.73. The van der Waals surface area contributed by atoms with E-state index in [0.29, 0.717) is 5.69 Å². The van der Waals surface area contributed by atoms with Gasteiger partial charge in [0, 0.05) is 33.0 Å². The van der Waals surface area contributed by atoms with Gasteiger partial charge in [0.25, 0.3) is 0 Å². The van der Waals surface area contributed by atoms with Crippen LogP contribution in [0.15, 0.2) is 91.0 Å². The molecule has 1 amide bonds. The smallest absolute Gasteiger partial charge is 0.304 e. The van der Waals surface area contributed by atoms with E-state index in [0.717, 1.165) is 11.1 Å². The van der Waals surface area contributed by atoms with Gasteiger partial charge in [0.05, 0.1) is 25.2 Å². The van der Waals surface area contributed by atoms with Gasteiger partial charge in [0.2, 0.25) is 12.2 Å². The molecule has 42 heavy (non-hydrogen) atoms. The van der Waals surface area contributed by atoms with Crippen LogP contribution in [0.25, 0.3) is 0 Å². The van der Waals surface area contributed by atoms with Crippen LogP contribution in [0.3, 0.4) is 0 Å². The van der Waals surface area contributed by atoms with Gasteiger partial charge in [0.15, 0.2) is 0 Å². The minimum absolute atomic E-state index is 0.113. The van der Waals surface area contributed by atoms with Crippen molar-refractivity contribution in [1.82, 2.24) is 0 Å². The zero-order valence-corrected chi connectivity index (χ0v) is 24.1. The summed E-state index contributed by atoms with van der Waals surface area (Å²) < 4.78 is 30.4. The maximum atomic E-state index is 12.9. The molecule has 1 heterocycles. The predicted molar refractivity (Wildman–Crippen MR) is 155 cm³/mol. The van der Waals surface area contributed by atoms with E-state index in [2.05, 4.69) is 0 Å². The van der Waals surface area contributed by atoms with Gasteiger partial charge in [-0.15, -0.1) is 0 Å². The molecule has 1 fully saturated rings. The topological polar surface area (TPSA) is 101 Å². The number of esters is 2. The molecular formula is C33H37NO8. The molecule has 0 saturated carbocycles. The number of hydrogen-bond acceptors (Lipinski definition) is 8. The van der Waals surface area contributed by atoms with Crippen molar-refractivity contribution in [3.05, 3.63) is 102 Å². The Morgan fingerprint density at radius 2 is 1.24 bits per heavy atom. The molecule has 0 aromatic heterocycles. The number of carbonyl (C=O) groups is 3. The predicted octanol–water partition coefficient (Wildman–Crippen LogP) is 4.68. The Morgan fingerprint density at radius 1 is 0.714 bits per heavy atom. The fraction of sp³-hybridized carbons (Fsp3) is 0.364. The fourth-order valence-electron chi connectivity index (χ4n) is 4.95. The van der Waals surface area contributed by atoms with Crippen LogP contribution < -0.4 is 4.90 Å². The molecule has 0 N–H and O–H groups in total. The van der Waals surface area contributed by atoms with Crippen LogP contribution >= 0.6 is 0 Å². The van der Waals surface area contributed by atoms with Crippen molar-refractivity contribution < 1.29 is 38.1 Å². The summed E-state index contributed by atoms with van der Waals surface area (Å²) >= 11 is 0. The SMILES string of the molecule is CC(=O)OC[C@H]1OC(OC(C)=O)[C@H](CN(C(C)=O)c2ccccc2)[C@@H](OCc2ccccc2)[C@@H]1OCc1ccccc1. The van der Waals surface area contributed by atoms with Crippen LogP contribution in [0.4, 0.5) is 5.69 Å². The second-order valence-corrected chi connectivity index (χ2v) is 10.1. The van der Waals surface area contributed by atoms with Gasteiger partial charge in [0.1, 0.15) is 18.8 Å². The third-order valence-corrected chi connectivity index (χ3v) is 6.92. The number of nitrogens with zero attached hydrogens (tertiary/aromatic N) is 1. The number of carbonyl (C=O) groups excluding carboxylic acids is 3. The summed E-state index contributed by atoms with van der Waals surface area (Å²) in [7, 11) is 0. The lowest BCUT2D eigenvalue weighted by Crippen LogP contribution is -2.61. The number of ether oxygens (including phenoxy) is 5. The summed E-state index contributed by atoms with van der Waals surface area (Å²) in [4.78, 5) is 38.6. The van der Waals surface area contributed by atoms with Crippen LogP contribution in [0.1, 0.15) is 31.9 Å². The number of para-hydroxylation sites is 1. The second-order valence-electron chi connectivity index (χ2n) is 10.1. The average molecular weight is 576 g/mol. The van der Waals surface area contributed by atoms with Gasteiger partial charge in [-0.2, -0.15) is 0 Å². The highest BCUT2D eigenvalue weighted by molar-refractivity contribution is 5.91. The molecule has 4 rings (SSSR count). The van der Waals surface area contributed by atoms with E-state index in [1.54, 1.807) is 4.90 Å². The zero-order valence-electron chi connectivity index (χ0n) is 24.1. The van der Waals surface area contributed by atoms with E-state index in [1.807, 2.05) is 91.0 Å². The Morgan fingerprint density at radius 3 is 1.74 bits per heavy atom. The van der Waals surface area contributed by atoms with Crippen LogP contribution in [0.2, 0.25) is 0 Å². The molecule has 0 spiro atoms. The molecule has 0 radical (unpaired) electrons. The van der Waals surface area contributed by atoms with Crippen LogP contribution in [0, 0.1) is 5.92 Å². The van der Waals surface area contributed by atoms with E-state index < -0.39 is 42.5 Å². The maximum absolute atomic E-state index is 12.9. The highest BCUT2D eigenvalue weighted by atomic mass is 16.7. The van der Waals surface area contributed by atoms with E-state index in [4.69, 9.17) is 23.7 Å². The van der Waals surface area contributed by atoms with Gasteiger partial charge >= 0.3 is 11.9 Å². The van der Waals surface area contributed by atoms with Crippen LogP contribution in [0.5, 0.6) is 0 Å². The third kappa shape index (κ3) is 8.72. The molecule has 222 valence electrons. The normalized spacial score (nSPS) is 21.7. The molecule has 0 bridgehead atoms. The first-order valence-electron chi connectivity index (χ1n) is 13.9. The van der Waals surface area contributed by atoms with Gasteiger partial charge in [-0.05, 0) is 23.3 Å². The highest BCUT2D eigenvalue weighted by Gasteiger charge is 2.50. The Labute approximate surface area is 246 Å². The van der Waals surface area contributed by atoms with Crippen molar-refractivity contribution in [2.75, 3.05) is 18.1 Å². The van der Waals surface area contributed by atoms with E-state index in [-0.39, 0.29) is 32.3 Å². The van der Waals surface area contributed by atoms with Crippen molar-refractivity contribution in [2.24, 2.45) is 5.92 Å². The highest BCUT2D eigenvalue weighted by Crippen LogP contribution is 2.34. The fourth-order valence-corrected chi connectivity index (χ4v) is 4.95. The molecular weight excluding hydrogens is 538 g/mol. The zero-order chi connectivity index (χ0) is 29.9. The van der Waals surface area contributed by atoms with Gasteiger partial charge < -0.3 is 28.6 Å². The number of benzene rings is 3. The van der Waals surface area contributed by atoms with E-state index in [1.165, 1.54) is 20.8 Å². The molecule has 9 heteroatoms. The molecule has 0 aliphatic carbocycles. The lowest BCUT2D eigenvalue weighted by atomic mass is 9.89. The molecule has 1 unspecified atom stereocenters. The molecule has 5 atom stereocenters. The summed E-state index contributed by atoms with van der Waals surface area (Å²) in [6.45, 7) is 4.51. The van der Waals surface area contributed by atoms with Crippen molar-refractivity contribution in [3.8, 4) is 0 Å². The first-order chi connectivity index (χ1) is 20.3. The van der Waals surface area contributed by atoms with E-state index in [9.17, 15) is 14.4 Å². The van der Waals surface area contributed by atoms with Crippen LogP contribution in [-0.2, 0) is 51.3 Å². The Hall–Kier alpha value is -4.05. The lowest BCUT2D eigenvalue weighted by Gasteiger charge is -2.46. The largest absolute Gasteiger partial charge is 0.463 e. The van der Waals surface area contributed by atoms with Crippen molar-refractivity contribution in [2.45, 2.75) is 58.6 Å². The van der Waals surface area contributed by atoms with Crippen LogP contribution in [-0.4, -0.2) is 55.6 Å². The Kier molecular flexibility index (Phi) is 11.2. The summed E-state index contributed by atoms with van der Waals surface area (Å²) in [5, 5.41) is 0. The minimum Gasteiger partial charge on any atom is -0.463 e. The summed E-state index contributed by atoms with van der Waals surface area (Å²) in [6.07, 6.45) is -3.39.